The summed E-state index contributed by atoms with van der Waals surface area (Å²) in [5, 5.41) is 10.5. The van der Waals surface area contributed by atoms with Crippen molar-refractivity contribution >= 4 is 17.8 Å². The van der Waals surface area contributed by atoms with Crippen LogP contribution < -0.4 is 11.1 Å². The molecule has 0 fully saturated rings. The Balaban J connectivity index is 2.22. The summed E-state index contributed by atoms with van der Waals surface area (Å²) in [5.41, 5.74) is 5.52. The van der Waals surface area contributed by atoms with Crippen LogP contribution in [0.3, 0.4) is 0 Å². The van der Waals surface area contributed by atoms with Crippen LogP contribution in [-0.2, 0) is 7.05 Å². The normalized spacial score (nSPS) is 10.4. The van der Waals surface area contributed by atoms with E-state index >= 15 is 0 Å². The number of furan rings is 1. The van der Waals surface area contributed by atoms with Gasteiger partial charge in [0.25, 0.3) is 0 Å². The van der Waals surface area contributed by atoms with Crippen molar-refractivity contribution < 1.29 is 4.42 Å². The van der Waals surface area contributed by atoms with Crippen LogP contribution in [0.4, 0.5) is 17.8 Å². The van der Waals surface area contributed by atoms with Gasteiger partial charge in [-0.1, -0.05) is 0 Å². The maximum absolute atomic E-state index is 5.52. The van der Waals surface area contributed by atoms with Gasteiger partial charge in [0.05, 0.1) is 0 Å². The van der Waals surface area contributed by atoms with E-state index in [1.54, 1.807) is 11.6 Å². The van der Waals surface area contributed by atoms with E-state index in [-0.39, 0.29) is 0 Å². The Hall–Kier alpha value is -1.98. The summed E-state index contributed by atoms with van der Waals surface area (Å²) in [5.74, 6) is 2.37. The number of anilines is 3. The second kappa shape index (κ2) is 3.06. The minimum absolute atomic E-state index is 0.357. The Morgan fingerprint density at radius 1 is 1.43 bits per heavy atom. The van der Waals surface area contributed by atoms with Crippen LogP contribution >= 0.6 is 0 Å². The SMILES string of the molecule is Cc1ccc(Nc2nnc(N)n2C)o1. The molecule has 0 aliphatic heterocycles. The summed E-state index contributed by atoms with van der Waals surface area (Å²) in [6, 6.07) is 3.68. The van der Waals surface area contributed by atoms with Gasteiger partial charge in [-0.25, -0.2) is 0 Å². The molecule has 6 heteroatoms. The largest absolute Gasteiger partial charge is 0.446 e. The van der Waals surface area contributed by atoms with Gasteiger partial charge in [0.15, 0.2) is 5.88 Å². The van der Waals surface area contributed by atoms with Crippen LogP contribution in [0.25, 0.3) is 0 Å². The molecule has 2 aromatic rings. The van der Waals surface area contributed by atoms with Crippen LogP contribution in [0.5, 0.6) is 0 Å². The van der Waals surface area contributed by atoms with E-state index in [0.717, 1.165) is 5.76 Å². The van der Waals surface area contributed by atoms with Gasteiger partial charge in [-0.05, 0) is 13.0 Å². The van der Waals surface area contributed by atoms with Crippen molar-refractivity contribution in [2.75, 3.05) is 11.1 Å². The van der Waals surface area contributed by atoms with Crippen LogP contribution in [0.15, 0.2) is 16.5 Å². The molecule has 0 amide bonds. The third-order valence-corrected chi connectivity index (χ3v) is 1.88. The molecule has 0 radical (unpaired) electrons. The number of nitrogens with zero attached hydrogens (tertiary/aromatic N) is 3. The second-order valence-corrected chi connectivity index (χ2v) is 2.98. The summed E-state index contributed by atoms with van der Waals surface area (Å²) in [7, 11) is 1.77. The molecule has 0 unspecified atom stereocenters. The van der Waals surface area contributed by atoms with Gasteiger partial charge in [-0.15, -0.1) is 10.2 Å². The van der Waals surface area contributed by atoms with E-state index in [0.29, 0.717) is 17.8 Å². The quantitative estimate of drug-likeness (QED) is 0.744. The molecule has 0 saturated heterocycles. The maximum atomic E-state index is 5.52. The maximum Gasteiger partial charge on any atom is 0.232 e. The summed E-state index contributed by atoms with van der Waals surface area (Å²) >= 11 is 0. The molecule has 0 bridgehead atoms. The van der Waals surface area contributed by atoms with Gasteiger partial charge in [-0.3, -0.25) is 9.88 Å². The van der Waals surface area contributed by atoms with Gasteiger partial charge in [0, 0.05) is 13.1 Å². The molecule has 0 aromatic carbocycles. The van der Waals surface area contributed by atoms with Crippen molar-refractivity contribution in [2.45, 2.75) is 6.92 Å². The molecule has 2 rings (SSSR count). The summed E-state index contributed by atoms with van der Waals surface area (Å²) in [6.07, 6.45) is 0. The number of aromatic nitrogens is 3. The zero-order valence-corrected chi connectivity index (χ0v) is 7.98. The van der Waals surface area contributed by atoms with Crippen LogP contribution in [0, 0.1) is 6.92 Å². The molecule has 0 saturated carbocycles. The molecular weight excluding hydrogens is 182 g/mol. The third-order valence-electron chi connectivity index (χ3n) is 1.88. The van der Waals surface area contributed by atoms with Gasteiger partial charge in [0.2, 0.25) is 11.9 Å². The van der Waals surface area contributed by atoms with E-state index < -0.39 is 0 Å². The van der Waals surface area contributed by atoms with Crippen molar-refractivity contribution in [1.29, 1.82) is 0 Å². The fourth-order valence-electron chi connectivity index (χ4n) is 1.06. The Labute approximate surface area is 80.7 Å². The molecule has 74 valence electrons. The number of aryl methyl sites for hydroxylation is 1. The first-order chi connectivity index (χ1) is 6.66. The average Bonchev–Trinajstić information content (AvgIpc) is 2.67. The number of hydrogen-bond donors (Lipinski definition) is 2. The number of nitrogens with two attached hydrogens (primary N) is 1. The molecule has 6 nitrogen and oxygen atoms in total. The second-order valence-electron chi connectivity index (χ2n) is 2.98. The predicted molar refractivity (Wildman–Crippen MR) is 52.1 cm³/mol. The van der Waals surface area contributed by atoms with E-state index in [4.69, 9.17) is 10.2 Å². The van der Waals surface area contributed by atoms with E-state index in [2.05, 4.69) is 15.5 Å². The number of hydrogen-bond acceptors (Lipinski definition) is 5. The highest BCUT2D eigenvalue weighted by Gasteiger charge is 2.06. The fraction of sp³-hybridized carbons (Fsp3) is 0.250. The molecule has 3 N–H and O–H groups in total. The molecule has 0 spiro atoms. The van der Waals surface area contributed by atoms with Gasteiger partial charge >= 0.3 is 0 Å². The molecule has 2 heterocycles. The highest BCUT2D eigenvalue weighted by Crippen LogP contribution is 2.17. The standard InChI is InChI=1S/C8H11N5O/c1-5-3-4-6(14-5)10-8-12-11-7(9)13(8)2/h3-4H,1-2H3,(H2,9,11)(H,10,12). The lowest BCUT2D eigenvalue weighted by Crippen LogP contribution is -2.01. The van der Waals surface area contributed by atoms with E-state index in [1.807, 2.05) is 19.1 Å². The Kier molecular flexibility index (Phi) is 1.88. The first-order valence-corrected chi connectivity index (χ1v) is 4.15. The van der Waals surface area contributed by atoms with Crippen molar-refractivity contribution in [3.63, 3.8) is 0 Å². The lowest BCUT2D eigenvalue weighted by molar-refractivity contribution is 0.550. The van der Waals surface area contributed by atoms with Crippen molar-refractivity contribution in [2.24, 2.45) is 7.05 Å². The Morgan fingerprint density at radius 2 is 2.21 bits per heavy atom. The van der Waals surface area contributed by atoms with E-state index in [9.17, 15) is 0 Å². The van der Waals surface area contributed by atoms with Gasteiger partial charge in [0.1, 0.15) is 5.76 Å². The average molecular weight is 193 g/mol. The van der Waals surface area contributed by atoms with Crippen LogP contribution in [-0.4, -0.2) is 14.8 Å². The Bertz CT molecular complexity index is 444. The molecule has 14 heavy (non-hydrogen) atoms. The zero-order chi connectivity index (χ0) is 10.1. The van der Waals surface area contributed by atoms with Crippen molar-refractivity contribution in [3.8, 4) is 0 Å². The summed E-state index contributed by atoms with van der Waals surface area (Å²) in [6.45, 7) is 1.87. The predicted octanol–water partition coefficient (Wildman–Crippen LogP) is 1.04. The molecule has 2 aromatic heterocycles. The molecule has 0 atom stereocenters. The number of nitrogens with one attached hydrogen (secondary N) is 1. The molecule has 0 aliphatic carbocycles. The fourth-order valence-corrected chi connectivity index (χ4v) is 1.06. The lowest BCUT2D eigenvalue weighted by atomic mass is 10.5. The minimum Gasteiger partial charge on any atom is -0.446 e. The van der Waals surface area contributed by atoms with Crippen LogP contribution in [0.2, 0.25) is 0 Å². The third kappa shape index (κ3) is 1.41. The first-order valence-electron chi connectivity index (χ1n) is 4.15. The zero-order valence-electron chi connectivity index (χ0n) is 7.98. The van der Waals surface area contributed by atoms with Crippen LogP contribution in [0.1, 0.15) is 5.76 Å². The van der Waals surface area contributed by atoms with Crippen molar-refractivity contribution in [1.82, 2.24) is 14.8 Å². The molecule has 0 aliphatic rings. The topological polar surface area (TPSA) is 81.9 Å². The summed E-state index contributed by atoms with van der Waals surface area (Å²) in [4.78, 5) is 0. The van der Waals surface area contributed by atoms with Crippen molar-refractivity contribution in [3.05, 3.63) is 17.9 Å². The monoisotopic (exact) mass is 193 g/mol. The van der Waals surface area contributed by atoms with Gasteiger partial charge in [-0.2, -0.15) is 0 Å². The molecular formula is C8H11N5O. The smallest absolute Gasteiger partial charge is 0.232 e. The number of nitrogen functional groups attached to an aromatic ring is 1. The highest BCUT2D eigenvalue weighted by atomic mass is 16.4. The lowest BCUT2D eigenvalue weighted by Gasteiger charge is -2.00. The van der Waals surface area contributed by atoms with E-state index in [1.165, 1.54) is 0 Å². The first kappa shape index (κ1) is 8.61. The number of rotatable bonds is 2. The Morgan fingerprint density at radius 3 is 2.71 bits per heavy atom. The minimum atomic E-state index is 0.357. The summed E-state index contributed by atoms with van der Waals surface area (Å²) < 4.78 is 6.96. The highest BCUT2D eigenvalue weighted by molar-refractivity contribution is 5.47. The van der Waals surface area contributed by atoms with Gasteiger partial charge < -0.3 is 10.2 Å².